The molecule has 1 N–H and O–H groups in total. The molecule has 0 saturated carbocycles. The van der Waals surface area contributed by atoms with Gasteiger partial charge in [0.25, 0.3) is 5.91 Å². The number of carbonyl (C=O) groups is 1. The standard InChI is InChI=1S/C17H15N3O4/c1-20-16(13-4-3-5-23-13)19-12-7-14(22-2)11(6-10(12)17(20)21)15-8-18-9-24-15/h3-9,16,19H,1-2H3. The molecule has 1 atom stereocenters. The molecule has 4 rings (SSSR count). The van der Waals surface area contributed by atoms with Crippen LogP contribution in [0.2, 0.25) is 0 Å². The molecule has 24 heavy (non-hydrogen) atoms. The summed E-state index contributed by atoms with van der Waals surface area (Å²) >= 11 is 0. The Morgan fingerprint density at radius 2 is 2.17 bits per heavy atom. The first-order valence-corrected chi connectivity index (χ1v) is 7.37. The zero-order chi connectivity index (χ0) is 16.7. The maximum atomic E-state index is 12.8. The molecule has 1 aliphatic heterocycles. The molecular weight excluding hydrogens is 310 g/mol. The van der Waals surface area contributed by atoms with Crippen LogP contribution in [-0.4, -0.2) is 29.9 Å². The molecule has 0 fully saturated rings. The second-order valence-electron chi connectivity index (χ2n) is 5.44. The van der Waals surface area contributed by atoms with Crippen molar-refractivity contribution in [3.8, 4) is 17.1 Å². The van der Waals surface area contributed by atoms with E-state index in [2.05, 4.69) is 10.3 Å². The molecule has 7 heteroatoms. The van der Waals surface area contributed by atoms with Crippen LogP contribution in [0.15, 0.2) is 52.0 Å². The number of aromatic nitrogens is 1. The number of anilines is 1. The van der Waals surface area contributed by atoms with Gasteiger partial charge >= 0.3 is 0 Å². The van der Waals surface area contributed by atoms with E-state index in [9.17, 15) is 4.79 Å². The van der Waals surface area contributed by atoms with Gasteiger partial charge in [0, 0.05) is 13.1 Å². The van der Waals surface area contributed by atoms with Gasteiger partial charge in [-0.3, -0.25) is 4.79 Å². The monoisotopic (exact) mass is 325 g/mol. The molecule has 1 aliphatic rings. The van der Waals surface area contributed by atoms with Gasteiger partial charge in [0.15, 0.2) is 18.3 Å². The maximum absolute atomic E-state index is 12.8. The molecular formula is C17H15N3O4. The van der Waals surface area contributed by atoms with E-state index in [0.29, 0.717) is 34.1 Å². The lowest BCUT2D eigenvalue weighted by molar-refractivity contribution is 0.0719. The van der Waals surface area contributed by atoms with Crippen LogP contribution >= 0.6 is 0 Å². The number of ether oxygens (including phenoxy) is 1. The van der Waals surface area contributed by atoms with Gasteiger partial charge < -0.3 is 23.8 Å². The van der Waals surface area contributed by atoms with Crippen molar-refractivity contribution in [1.29, 1.82) is 0 Å². The molecule has 1 unspecified atom stereocenters. The minimum absolute atomic E-state index is 0.117. The molecule has 0 spiro atoms. The molecule has 7 nitrogen and oxygen atoms in total. The van der Waals surface area contributed by atoms with Crippen LogP contribution in [0.25, 0.3) is 11.3 Å². The second-order valence-corrected chi connectivity index (χ2v) is 5.44. The predicted octanol–water partition coefficient (Wildman–Crippen LogP) is 3.14. The van der Waals surface area contributed by atoms with Gasteiger partial charge in [-0.2, -0.15) is 0 Å². The smallest absolute Gasteiger partial charge is 0.257 e. The lowest BCUT2D eigenvalue weighted by Crippen LogP contribution is -2.40. The number of rotatable bonds is 3. The quantitative estimate of drug-likeness (QED) is 0.797. The van der Waals surface area contributed by atoms with Gasteiger partial charge in [-0.15, -0.1) is 0 Å². The first-order valence-electron chi connectivity index (χ1n) is 7.37. The fraction of sp³-hybridized carbons (Fsp3) is 0.176. The van der Waals surface area contributed by atoms with E-state index in [1.165, 1.54) is 6.39 Å². The summed E-state index contributed by atoms with van der Waals surface area (Å²) in [6, 6.07) is 7.15. The number of hydrogen-bond acceptors (Lipinski definition) is 6. The molecule has 0 bridgehead atoms. The van der Waals surface area contributed by atoms with Crippen molar-refractivity contribution in [2.45, 2.75) is 6.17 Å². The van der Waals surface area contributed by atoms with Crippen LogP contribution in [0, 0.1) is 0 Å². The number of carbonyl (C=O) groups excluding carboxylic acids is 1. The third kappa shape index (κ3) is 2.13. The molecule has 122 valence electrons. The number of oxazole rings is 1. The highest BCUT2D eigenvalue weighted by molar-refractivity contribution is 6.03. The van der Waals surface area contributed by atoms with Gasteiger partial charge in [-0.1, -0.05) is 0 Å². The summed E-state index contributed by atoms with van der Waals surface area (Å²) in [5.41, 5.74) is 1.89. The lowest BCUT2D eigenvalue weighted by atomic mass is 10.0. The van der Waals surface area contributed by atoms with Gasteiger partial charge in [0.2, 0.25) is 0 Å². The molecule has 1 amide bonds. The van der Waals surface area contributed by atoms with Crippen molar-refractivity contribution in [3.63, 3.8) is 0 Å². The third-order valence-electron chi connectivity index (χ3n) is 4.08. The molecule has 0 saturated heterocycles. The predicted molar refractivity (Wildman–Crippen MR) is 85.7 cm³/mol. The van der Waals surface area contributed by atoms with Gasteiger partial charge in [-0.25, -0.2) is 4.98 Å². The van der Waals surface area contributed by atoms with E-state index < -0.39 is 0 Å². The Labute approximate surface area is 137 Å². The van der Waals surface area contributed by atoms with E-state index in [1.54, 1.807) is 49.7 Å². The second kappa shape index (κ2) is 5.45. The Balaban J connectivity index is 1.82. The van der Waals surface area contributed by atoms with E-state index >= 15 is 0 Å². The summed E-state index contributed by atoms with van der Waals surface area (Å²) in [5.74, 6) is 1.68. The van der Waals surface area contributed by atoms with E-state index in [-0.39, 0.29) is 12.1 Å². The zero-order valence-electron chi connectivity index (χ0n) is 13.1. The van der Waals surface area contributed by atoms with Gasteiger partial charge in [-0.05, 0) is 18.2 Å². The largest absolute Gasteiger partial charge is 0.496 e. The summed E-state index contributed by atoms with van der Waals surface area (Å²) in [7, 11) is 3.30. The Hall–Kier alpha value is -3.22. The number of amides is 1. The van der Waals surface area contributed by atoms with Crippen molar-refractivity contribution < 1.29 is 18.4 Å². The molecule has 0 aliphatic carbocycles. The molecule has 3 heterocycles. The summed E-state index contributed by atoms with van der Waals surface area (Å²) in [6.45, 7) is 0. The first-order chi connectivity index (χ1) is 11.7. The number of methoxy groups -OCH3 is 1. The van der Waals surface area contributed by atoms with Crippen molar-refractivity contribution in [1.82, 2.24) is 9.88 Å². The van der Waals surface area contributed by atoms with E-state index in [0.717, 1.165) is 0 Å². The first kappa shape index (κ1) is 14.4. The van der Waals surface area contributed by atoms with Crippen LogP contribution in [-0.2, 0) is 0 Å². The fourth-order valence-corrected chi connectivity index (χ4v) is 2.85. The number of benzene rings is 1. The normalized spacial score (nSPS) is 16.7. The number of furan rings is 1. The van der Waals surface area contributed by atoms with E-state index in [1.807, 2.05) is 6.07 Å². The minimum atomic E-state index is -0.374. The van der Waals surface area contributed by atoms with Crippen LogP contribution in [0.4, 0.5) is 5.69 Å². The highest BCUT2D eigenvalue weighted by atomic mass is 16.5. The number of hydrogen-bond donors (Lipinski definition) is 1. The van der Waals surface area contributed by atoms with Crippen LogP contribution in [0.1, 0.15) is 22.3 Å². The number of nitrogens with zero attached hydrogens (tertiary/aromatic N) is 2. The zero-order valence-corrected chi connectivity index (χ0v) is 13.1. The highest BCUT2D eigenvalue weighted by Crippen LogP contribution is 2.39. The number of nitrogens with one attached hydrogen (secondary N) is 1. The van der Waals surface area contributed by atoms with Crippen molar-refractivity contribution >= 4 is 11.6 Å². The van der Waals surface area contributed by atoms with E-state index in [4.69, 9.17) is 13.6 Å². The van der Waals surface area contributed by atoms with Crippen molar-refractivity contribution in [3.05, 3.63) is 54.4 Å². The fourth-order valence-electron chi connectivity index (χ4n) is 2.85. The third-order valence-corrected chi connectivity index (χ3v) is 4.08. The highest BCUT2D eigenvalue weighted by Gasteiger charge is 2.33. The lowest BCUT2D eigenvalue weighted by Gasteiger charge is -2.34. The molecule has 1 aromatic carbocycles. The van der Waals surface area contributed by atoms with Gasteiger partial charge in [0.05, 0.1) is 36.4 Å². The van der Waals surface area contributed by atoms with Crippen LogP contribution < -0.4 is 10.1 Å². The Bertz CT molecular complexity index is 872. The Kier molecular flexibility index (Phi) is 3.26. The maximum Gasteiger partial charge on any atom is 0.257 e. The Morgan fingerprint density at radius 3 is 2.83 bits per heavy atom. The minimum Gasteiger partial charge on any atom is -0.496 e. The van der Waals surface area contributed by atoms with Crippen LogP contribution in [0.3, 0.4) is 0 Å². The molecule has 0 radical (unpaired) electrons. The van der Waals surface area contributed by atoms with Crippen molar-refractivity contribution in [2.75, 3.05) is 19.5 Å². The SMILES string of the molecule is COc1cc2c(cc1-c1cnco1)C(=O)N(C)C(c1ccco1)N2. The van der Waals surface area contributed by atoms with Gasteiger partial charge in [0.1, 0.15) is 11.5 Å². The summed E-state index contributed by atoms with van der Waals surface area (Å²) in [4.78, 5) is 18.3. The topological polar surface area (TPSA) is 80.7 Å². The molecule has 2 aromatic heterocycles. The number of fused-ring (bicyclic) bond motifs is 1. The summed E-state index contributed by atoms with van der Waals surface area (Å²) < 4.78 is 16.2. The van der Waals surface area contributed by atoms with Crippen molar-refractivity contribution in [2.24, 2.45) is 0 Å². The average molecular weight is 325 g/mol. The molecule has 3 aromatic rings. The van der Waals surface area contributed by atoms with Crippen LogP contribution in [0.5, 0.6) is 5.75 Å². The summed E-state index contributed by atoms with van der Waals surface area (Å²) in [6.07, 6.45) is 4.13. The Morgan fingerprint density at radius 1 is 1.29 bits per heavy atom. The summed E-state index contributed by atoms with van der Waals surface area (Å²) in [5, 5.41) is 3.31. The average Bonchev–Trinajstić information content (AvgIpc) is 3.30.